The van der Waals surface area contributed by atoms with Gasteiger partial charge in [0.05, 0.1) is 50.0 Å². The second-order valence-corrected chi connectivity index (χ2v) is 27.7. The van der Waals surface area contributed by atoms with Crippen molar-refractivity contribution < 1.29 is 38.0 Å². The van der Waals surface area contributed by atoms with Gasteiger partial charge in [-0.3, -0.25) is 23.9 Å². The Hall–Kier alpha value is -4.56. The minimum Gasteiger partial charge on any atom is -0.384 e. The van der Waals surface area contributed by atoms with E-state index in [9.17, 15) is 19.1 Å². The minimum atomic E-state index is -0.995. The summed E-state index contributed by atoms with van der Waals surface area (Å²) >= 11 is 25.3. The summed E-state index contributed by atoms with van der Waals surface area (Å²) in [6.07, 6.45) is 25.3. The van der Waals surface area contributed by atoms with Crippen molar-refractivity contribution in [1.82, 2.24) is 44.5 Å². The molecule has 6 aliphatic rings. The zero-order chi connectivity index (χ0) is 62.5. The highest BCUT2D eigenvalue weighted by Gasteiger charge is 2.31. The molecule has 89 heavy (non-hydrogen) atoms. The number of aromatic nitrogens is 9. The van der Waals surface area contributed by atoms with Crippen molar-refractivity contribution in [3.8, 4) is 0 Å². The molecule has 6 fully saturated rings. The monoisotopic (exact) mass is 1390 g/mol. The van der Waals surface area contributed by atoms with Gasteiger partial charge in [0.15, 0.2) is 0 Å². The summed E-state index contributed by atoms with van der Waals surface area (Å²) in [7, 11) is 0. The van der Waals surface area contributed by atoms with Crippen LogP contribution in [0.1, 0.15) is 132 Å². The predicted octanol–water partition coefficient (Wildman–Crippen LogP) is 15.4. The summed E-state index contributed by atoms with van der Waals surface area (Å²) in [5.41, 5.74) is 2.90. The molecule has 7 aromatic heterocycles. The molecule has 2 saturated carbocycles. The number of hydrogen-bond donors (Lipinski definition) is 2. The van der Waals surface area contributed by atoms with Gasteiger partial charge in [-0.05, 0) is 145 Å². The lowest BCUT2D eigenvalue weighted by molar-refractivity contribution is -0.123. The summed E-state index contributed by atoms with van der Waals surface area (Å²) < 4.78 is 37.8. The molecule has 0 aromatic carbocycles. The molecule has 2 aliphatic carbocycles. The average molecular weight is 1400 g/mol. The van der Waals surface area contributed by atoms with Gasteiger partial charge in [-0.1, -0.05) is 74.3 Å². The lowest BCUT2D eigenvalue weighted by atomic mass is 9.96. The number of anilines is 2. The second-order valence-electron chi connectivity index (χ2n) is 22.7. The molecule has 0 spiro atoms. The van der Waals surface area contributed by atoms with E-state index in [4.69, 9.17) is 63.9 Å². The second kappa shape index (κ2) is 34.9. The molecule has 17 nitrogen and oxygen atoms in total. The van der Waals surface area contributed by atoms with E-state index >= 15 is 0 Å². The van der Waals surface area contributed by atoms with Gasteiger partial charge >= 0.3 is 0 Å². The van der Waals surface area contributed by atoms with Gasteiger partial charge in [0, 0.05) is 146 Å². The van der Waals surface area contributed by atoms with Crippen LogP contribution in [0.2, 0.25) is 15.5 Å². The van der Waals surface area contributed by atoms with Gasteiger partial charge in [-0.2, -0.15) is 10.2 Å². The van der Waals surface area contributed by atoms with Crippen molar-refractivity contribution >= 4 is 109 Å². The van der Waals surface area contributed by atoms with E-state index in [1.54, 1.807) is 62.0 Å². The number of alkyl halides is 1. The average Bonchev–Trinajstić information content (AvgIpc) is 3.29. The van der Waals surface area contributed by atoms with Gasteiger partial charge in [0.2, 0.25) is 0 Å². The number of pyridine rings is 5. The molecule has 11 heterocycles. The van der Waals surface area contributed by atoms with E-state index in [0.717, 1.165) is 123 Å². The first kappa shape index (κ1) is 68.8. The SMILES string of the molecule is CC(C)(O)c1cc(Nc2cc(Sc3cn(C4CC4)nc3C3CCOCC3)ccn2)ccn1.Clc1cc(Sc2cn(C3CC3)nc2C2CCOCC2)ccn1.Fc1ccnc(Cl)c1.O=C(CBr)C1CCOCC1.O=C(CSc1ccnc(Cl)c1)C1CCOCC1. The van der Waals surface area contributed by atoms with Crippen LogP contribution in [0.25, 0.3) is 0 Å². The quantitative estimate of drug-likeness (QED) is 0.0494. The topological polar surface area (TPSA) is 203 Å². The predicted molar refractivity (Wildman–Crippen MR) is 351 cm³/mol. The molecule has 0 bridgehead atoms. The van der Waals surface area contributed by atoms with Crippen molar-refractivity contribution in [2.24, 2.45) is 11.8 Å². The maximum atomic E-state index is 12.0. The summed E-state index contributed by atoms with van der Waals surface area (Å²) in [5, 5.41) is 25.2. The number of rotatable bonds is 17. The van der Waals surface area contributed by atoms with E-state index in [0.29, 0.717) is 75.8 Å². The van der Waals surface area contributed by atoms with Crippen LogP contribution in [0.15, 0.2) is 129 Å². The Morgan fingerprint density at radius 3 is 1.48 bits per heavy atom. The molecule has 476 valence electrons. The van der Waals surface area contributed by atoms with Crippen LogP contribution in [0.5, 0.6) is 0 Å². The summed E-state index contributed by atoms with van der Waals surface area (Å²) in [6, 6.07) is 18.9. The molecule has 25 heteroatoms. The Morgan fingerprint density at radius 2 is 1.02 bits per heavy atom. The lowest BCUT2D eigenvalue weighted by Crippen LogP contribution is -2.24. The lowest BCUT2D eigenvalue weighted by Gasteiger charge is -2.21. The Bertz CT molecular complexity index is 3360. The van der Waals surface area contributed by atoms with Crippen LogP contribution in [-0.2, 0) is 34.1 Å². The van der Waals surface area contributed by atoms with Gasteiger partial charge < -0.3 is 29.4 Å². The fourth-order valence-electron chi connectivity index (χ4n) is 10.0. The molecule has 0 radical (unpaired) electrons. The summed E-state index contributed by atoms with van der Waals surface area (Å²) in [6.45, 7) is 9.69. The number of carbonyl (C=O) groups is 2. The number of aliphatic hydroxyl groups is 1. The van der Waals surface area contributed by atoms with Crippen LogP contribution in [0, 0.1) is 17.7 Å². The van der Waals surface area contributed by atoms with Gasteiger partial charge in [-0.15, -0.1) is 11.8 Å². The number of ether oxygens (including phenoxy) is 4. The van der Waals surface area contributed by atoms with Crippen LogP contribution in [0.3, 0.4) is 0 Å². The summed E-state index contributed by atoms with van der Waals surface area (Å²) in [4.78, 5) is 49.0. The Kier molecular flexibility index (Phi) is 27.0. The number of Topliss-reactive ketones (excluding diaryl/α,β-unsaturated/α-hetero) is 2. The highest BCUT2D eigenvalue weighted by atomic mass is 79.9. The maximum Gasteiger partial charge on any atom is 0.146 e. The number of hydrogen-bond acceptors (Lipinski definition) is 18. The van der Waals surface area contributed by atoms with Crippen molar-refractivity contribution in [2.75, 3.05) is 69.3 Å². The standard InChI is InChI=1S/C24H29N5O2S.C16H18ClN3OS.C12H14ClNO2S.C7H11BrO2.C5H3ClFN/c1-24(2,30)21-13-17(5-9-25-21)27-22-14-19(6-10-26-22)32-20-15-29(18-3-4-18)28-23(20)16-7-11-31-12-8-16;17-15-9-13(3-6-18-15)22-14-10-20(12-1-2-12)19-16(14)11-4-7-21-8-5-11;13-12-7-10(1-4-14-12)17-8-11(15)9-2-5-16-6-3-9;8-5-7(9)6-1-3-10-4-2-6;6-5-3-4(7)1-2-8-5/h5-6,9-10,13-16,18,30H,3-4,7-8,11-12H2,1-2H3,(H,25,26,27);3,6,9-12H,1-2,4-5,7-8H2;1,4,7,9H,2-3,5-6,8H2;6H,1-5H2;1-3H. The van der Waals surface area contributed by atoms with E-state index in [-0.39, 0.29) is 22.8 Å². The van der Waals surface area contributed by atoms with Crippen molar-refractivity contribution in [3.63, 3.8) is 0 Å². The van der Waals surface area contributed by atoms with Crippen LogP contribution in [0.4, 0.5) is 15.9 Å². The number of thioether (sulfide) groups is 1. The van der Waals surface area contributed by atoms with Crippen molar-refractivity contribution in [2.45, 2.75) is 145 Å². The third-order valence-electron chi connectivity index (χ3n) is 15.3. The highest BCUT2D eigenvalue weighted by molar-refractivity contribution is 9.09. The fourth-order valence-corrected chi connectivity index (χ4v) is 14.0. The zero-order valence-corrected chi connectivity index (χ0v) is 56.2. The van der Waals surface area contributed by atoms with Crippen LogP contribution >= 0.6 is 86.0 Å². The molecule has 7 aromatic rings. The number of halogens is 5. The minimum absolute atomic E-state index is 0.175. The Labute approximate surface area is 556 Å². The van der Waals surface area contributed by atoms with Gasteiger partial charge in [-0.25, -0.2) is 24.3 Å². The molecular formula is C64H75BrCl3FN10O7S3. The maximum absolute atomic E-state index is 12.0. The number of ketones is 2. The van der Waals surface area contributed by atoms with Crippen molar-refractivity contribution in [1.29, 1.82) is 0 Å². The fraction of sp³-hybridized carbons (Fsp3) is 0.484. The molecule has 4 aliphatic heterocycles. The molecule has 0 atom stereocenters. The first-order chi connectivity index (χ1) is 43.1. The first-order valence-electron chi connectivity index (χ1n) is 30.1. The molecule has 13 rings (SSSR count). The van der Waals surface area contributed by atoms with E-state index in [2.05, 4.69) is 74.0 Å². The number of nitrogens with zero attached hydrogens (tertiary/aromatic N) is 9. The van der Waals surface area contributed by atoms with E-state index < -0.39 is 5.60 Å². The third kappa shape index (κ3) is 22.6. The van der Waals surface area contributed by atoms with Gasteiger partial charge in [0.25, 0.3) is 0 Å². The largest absolute Gasteiger partial charge is 0.384 e. The smallest absolute Gasteiger partial charge is 0.146 e. The first-order valence-corrected chi connectivity index (χ1v) is 35.0. The van der Waals surface area contributed by atoms with Crippen LogP contribution in [-0.4, -0.2) is 125 Å². The molecular weight excluding hydrogens is 1320 g/mol. The zero-order valence-electron chi connectivity index (χ0n) is 49.9. The van der Waals surface area contributed by atoms with Gasteiger partial charge in [0.1, 0.15) is 44.3 Å². The summed E-state index contributed by atoms with van der Waals surface area (Å²) in [5.74, 6) is 2.94. The number of nitrogens with one attached hydrogen (secondary N) is 1. The molecule has 0 amide bonds. The van der Waals surface area contributed by atoms with Crippen LogP contribution < -0.4 is 5.32 Å². The molecule has 0 unspecified atom stereocenters. The van der Waals surface area contributed by atoms with E-state index in [1.807, 2.05) is 42.6 Å². The van der Waals surface area contributed by atoms with E-state index in [1.165, 1.54) is 70.9 Å². The third-order valence-corrected chi connectivity index (χ3v) is 19.5. The Balaban J connectivity index is 0.000000144. The molecule has 4 saturated heterocycles. The Morgan fingerprint density at radius 1 is 0.584 bits per heavy atom. The number of carbonyl (C=O) groups excluding carboxylic acids is 2. The highest BCUT2D eigenvalue weighted by Crippen LogP contribution is 2.43. The van der Waals surface area contributed by atoms with Crippen molar-refractivity contribution in [3.05, 3.63) is 142 Å². The molecule has 2 N–H and O–H groups in total. The normalized spacial score (nSPS) is 17.5.